The first-order chi connectivity index (χ1) is 10.1. The van der Waals surface area contributed by atoms with Crippen LogP contribution in [-0.4, -0.2) is 26.1 Å². The molecule has 4 nitrogen and oxygen atoms in total. The first kappa shape index (κ1) is 14.9. The Hall–Kier alpha value is -2.49. The molecule has 21 heavy (non-hydrogen) atoms. The number of methoxy groups -OCH3 is 1. The number of para-hydroxylation sites is 1. The van der Waals surface area contributed by atoms with E-state index < -0.39 is 0 Å². The lowest BCUT2D eigenvalue weighted by Gasteiger charge is -2.26. The van der Waals surface area contributed by atoms with E-state index in [-0.39, 0.29) is 11.9 Å². The second-order valence-corrected chi connectivity index (χ2v) is 4.84. The van der Waals surface area contributed by atoms with E-state index in [0.29, 0.717) is 0 Å². The molecule has 0 bridgehead atoms. The average molecular weight is 284 g/mol. The molecule has 1 atom stereocenters. The highest BCUT2D eigenvalue weighted by Crippen LogP contribution is 2.18. The number of nitrogens with one attached hydrogen (secondary N) is 1. The van der Waals surface area contributed by atoms with Crippen molar-refractivity contribution >= 4 is 17.3 Å². The predicted molar refractivity (Wildman–Crippen MR) is 85.9 cm³/mol. The summed E-state index contributed by atoms with van der Waals surface area (Å²) in [4.78, 5) is 14.3. The number of likely N-dealkylation sites (N-methyl/N-ethyl adjacent to an activating group) is 1. The lowest BCUT2D eigenvalue weighted by atomic mass is 10.2. The molecule has 0 saturated carbocycles. The topological polar surface area (TPSA) is 41.6 Å². The smallest absolute Gasteiger partial charge is 0.246 e. The summed E-state index contributed by atoms with van der Waals surface area (Å²) in [6.07, 6.45) is 0. The van der Waals surface area contributed by atoms with E-state index in [2.05, 4.69) is 5.32 Å². The van der Waals surface area contributed by atoms with Gasteiger partial charge in [0, 0.05) is 24.5 Å². The van der Waals surface area contributed by atoms with Crippen molar-refractivity contribution in [2.24, 2.45) is 0 Å². The van der Waals surface area contributed by atoms with Gasteiger partial charge in [-0.25, -0.2) is 0 Å². The summed E-state index contributed by atoms with van der Waals surface area (Å²) in [6.45, 7) is 1.88. The van der Waals surface area contributed by atoms with Crippen molar-refractivity contribution in [1.82, 2.24) is 0 Å². The molecule has 0 aliphatic carbocycles. The third-order valence-electron chi connectivity index (χ3n) is 3.46. The molecule has 1 N–H and O–H groups in total. The molecule has 0 radical (unpaired) electrons. The van der Waals surface area contributed by atoms with Crippen LogP contribution in [-0.2, 0) is 4.79 Å². The van der Waals surface area contributed by atoms with Crippen LogP contribution in [0.1, 0.15) is 6.92 Å². The molecule has 2 rings (SSSR count). The molecule has 2 aromatic carbocycles. The van der Waals surface area contributed by atoms with E-state index in [1.807, 2.05) is 67.4 Å². The quantitative estimate of drug-likeness (QED) is 0.917. The Balaban J connectivity index is 2.05. The fourth-order valence-electron chi connectivity index (χ4n) is 2.01. The number of hydrogen-bond donors (Lipinski definition) is 1. The average Bonchev–Trinajstić information content (AvgIpc) is 2.54. The minimum absolute atomic E-state index is 0.0605. The Bertz CT molecular complexity index is 599. The molecule has 0 aliphatic heterocycles. The molecule has 0 heterocycles. The maximum Gasteiger partial charge on any atom is 0.246 e. The summed E-state index contributed by atoms with van der Waals surface area (Å²) < 4.78 is 5.15. The molecule has 0 spiro atoms. The normalized spacial score (nSPS) is 11.6. The zero-order chi connectivity index (χ0) is 15.2. The van der Waals surface area contributed by atoms with Gasteiger partial charge in [0.05, 0.1) is 7.11 Å². The van der Waals surface area contributed by atoms with Gasteiger partial charge < -0.3 is 15.0 Å². The van der Waals surface area contributed by atoms with Gasteiger partial charge >= 0.3 is 0 Å². The molecule has 1 amide bonds. The summed E-state index contributed by atoms with van der Waals surface area (Å²) >= 11 is 0. The fourth-order valence-corrected chi connectivity index (χ4v) is 2.01. The number of ether oxygens (including phenoxy) is 1. The Morgan fingerprint density at radius 3 is 2.52 bits per heavy atom. The number of rotatable bonds is 5. The Morgan fingerprint density at radius 1 is 1.14 bits per heavy atom. The fraction of sp³-hybridized carbons (Fsp3) is 0.235. The first-order valence-corrected chi connectivity index (χ1v) is 6.84. The Morgan fingerprint density at radius 2 is 1.86 bits per heavy atom. The van der Waals surface area contributed by atoms with Crippen LogP contribution in [0.25, 0.3) is 0 Å². The minimum atomic E-state index is -0.279. The van der Waals surface area contributed by atoms with Crippen LogP contribution < -0.4 is 15.0 Å². The summed E-state index contributed by atoms with van der Waals surface area (Å²) in [7, 11) is 3.51. The summed E-state index contributed by atoms with van der Waals surface area (Å²) in [6, 6.07) is 16.9. The molecular weight excluding hydrogens is 264 g/mol. The predicted octanol–water partition coefficient (Wildman–Crippen LogP) is 3.16. The Labute approximate surface area is 125 Å². The van der Waals surface area contributed by atoms with Gasteiger partial charge in [-0.1, -0.05) is 24.3 Å². The van der Waals surface area contributed by atoms with Gasteiger partial charge in [0.2, 0.25) is 5.91 Å². The monoisotopic (exact) mass is 284 g/mol. The third kappa shape index (κ3) is 3.75. The molecule has 2 aromatic rings. The zero-order valence-corrected chi connectivity index (χ0v) is 12.5. The molecule has 0 aliphatic rings. The SMILES string of the molecule is COc1cccc(NC(=O)C(C)N(C)c2ccccc2)c1. The van der Waals surface area contributed by atoms with E-state index >= 15 is 0 Å². The number of hydrogen-bond acceptors (Lipinski definition) is 3. The Kier molecular flexibility index (Phi) is 4.82. The number of benzene rings is 2. The molecule has 0 saturated heterocycles. The standard InChI is InChI=1S/C17H20N2O2/c1-13(19(2)15-9-5-4-6-10-15)17(20)18-14-8-7-11-16(12-14)21-3/h4-13H,1-3H3,(H,18,20). The van der Waals surface area contributed by atoms with Crippen LogP contribution in [0.5, 0.6) is 5.75 Å². The van der Waals surface area contributed by atoms with E-state index in [1.165, 1.54) is 0 Å². The van der Waals surface area contributed by atoms with Gasteiger partial charge in [-0.15, -0.1) is 0 Å². The minimum Gasteiger partial charge on any atom is -0.497 e. The van der Waals surface area contributed by atoms with Gasteiger partial charge in [-0.3, -0.25) is 4.79 Å². The second kappa shape index (κ2) is 6.79. The van der Waals surface area contributed by atoms with Crippen molar-refractivity contribution < 1.29 is 9.53 Å². The zero-order valence-electron chi connectivity index (χ0n) is 12.5. The number of carbonyl (C=O) groups is 1. The van der Waals surface area contributed by atoms with Crippen molar-refractivity contribution in [2.45, 2.75) is 13.0 Å². The molecule has 0 aromatic heterocycles. The van der Waals surface area contributed by atoms with Gasteiger partial charge in [-0.2, -0.15) is 0 Å². The van der Waals surface area contributed by atoms with Gasteiger partial charge in [0.25, 0.3) is 0 Å². The molecular formula is C17H20N2O2. The maximum absolute atomic E-state index is 12.3. The summed E-state index contributed by atoms with van der Waals surface area (Å²) in [5.74, 6) is 0.659. The van der Waals surface area contributed by atoms with Crippen molar-refractivity contribution in [3.63, 3.8) is 0 Å². The molecule has 110 valence electrons. The molecule has 0 fully saturated rings. The number of nitrogens with zero attached hydrogens (tertiary/aromatic N) is 1. The van der Waals surface area contributed by atoms with Gasteiger partial charge in [0.1, 0.15) is 11.8 Å². The van der Waals surface area contributed by atoms with E-state index in [1.54, 1.807) is 13.2 Å². The van der Waals surface area contributed by atoms with Gasteiger partial charge in [-0.05, 0) is 31.2 Å². The highest BCUT2D eigenvalue weighted by Gasteiger charge is 2.18. The summed E-state index contributed by atoms with van der Waals surface area (Å²) in [5, 5.41) is 2.91. The van der Waals surface area contributed by atoms with Crippen molar-refractivity contribution in [3.05, 3.63) is 54.6 Å². The number of carbonyl (C=O) groups excluding carboxylic acids is 1. The largest absolute Gasteiger partial charge is 0.497 e. The van der Waals surface area contributed by atoms with E-state index in [9.17, 15) is 4.79 Å². The van der Waals surface area contributed by atoms with Crippen molar-refractivity contribution in [1.29, 1.82) is 0 Å². The maximum atomic E-state index is 12.3. The lowest BCUT2D eigenvalue weighted by Crippen LogP contribution is -2.39. The van der Waals surface area contributed by atoms with Crippen LogP contribution in [0.3, 0.4) is 0 Å². The van der Waals surface area contributed by atoms with Crippen LogP contribution in [0, 0.1) is 0 Å². The highest BCUT2D eigenvalue weighted by atomic mass is 16.5. The summed E-state index contributed by atoms with van der Waals surface area (Å²) in [5.41, 5.74) is 1.73. The number of amides is 1. The van der Waals surface area contributed by atoms with Crippen LogP contribution in [0.15, 0.2) is 54.6 Å². The molecule has 4 heteroatoms. The number of anilines is 2. The molecule has 1 unspecified atom stereocenters. The van der Waals surface area contributed by atoms with E-state index in [4.69, 9.17) is 4.74 Å². The van der Waals surface area contributed by atoms with Crippen LogP contribution >= 0.6 is 0 Å². The van der Waals surface area contributed by atoms with Crippen molar-refractivity contribution in [2.75, 3.05) is 24.4 Å². The van der Waals surface area contributed by atoms with Crippen molar-refractivity contribution in [3.8, 4) is 5.75 Å². The third-order valence-corrected chi connectivity index (χ3v) is 3.46. The van der Waals surface area contributed by atoms with E-state index in [0.717, 1.165) is 17.1 Å². The van der Waals surface area contributed by atoms with Gasteiger partial charge in [0.15, 0.2) is 0 Å². The van der Waals surface area contributed by atoms with Crippen LogP contribution in [0.2, 0.25) is 0 Å². The first-order valence-electron chi connectivity index (χ1n) is 6.84. The second-order valence-electron chi connectivity index (χ2n) is 4.84. The lowest BCUT2D eigenvalue weighted by molar-refractivity contribution is -0.117. The van der Waals surface area contributed by atoms with Crippen LogP contribution in [0.4, 0.5) is 11.4 Å². The highest BCUT2D eigenvalue weighted by molar-refractivity contribution is 5.96.